The highest BCUT2D eigenvalue weighted by atomic mass is 19.4. The average Bonchev–Trinajstić information content (AvgIpc) is 2.40. The zero-order chi connectivity index (χ0) is 25.7. The van der Waals surface area contributed by atoms with E-state index in [0.29, 0.717) is 0 Å². The summed E-state index contributed by atoms with van der Waals surface area (Å²) in [4.78, 5) is 0. The Kier molecular flexibility index (Phi) is 11.5. The summed E-state index contributed by atoms with van der Waals surface area (Å²) in [6.07, 6.45) is -31.1. The number of alkyl halides is 18. The lowest BCUT2D eigenvalue weighted by molar-refractivity contribution is -0.279. The molecular formula is C12H12F18. The molecule has 0 aromatic heterocycles. The van der Waals surface area contributed by atoms with E-state index in [-0.39, 0.29) is 20.8 Å². The molecule has 0 aliphatic rings. The molecule has 0 rings (SSSR count). The summed E-state index contributed by atoms with van der Waals surface area (Å²) in [5, 5.41) is 0. The zero-order valence-corrected chi connectivity index (χ0v) is 14.5. The van der Waals surface area contributed by atoms with Gasteiger partial charge in [-0.25, -0.2) is 0 Å². The fraction of sp³-hybridized carbons (Fsp3) is 1.00. The van der Waals surface area contributed by atoms with E-state index in [1.165, 1.54) is 0 Å². The van der Waals surface area contributed by atoms with Gasteiger partial charge >= 0.3 is 37.1 Å². The third-order valence-corrected chi connectivity index (χ3v) is 2.95. The molecule has 0 bridgehead atoms. The Morgan fingerprint density at radius 2 is 0.333 bits per heavy atom. The Morgan fingerprint density at radius 1 is 0.267 bits per heavy atom. The van der Waals surface area contributed by atoms with Crippen molar-refractivity contribution >= 4 is 0 Å². The molecule has 0 N–H and O–H groups in total. The van der Waals surface area contributed by atoms with Crippen molar-refractivity contribution in [3.63, 3.8) is 0 Å². The number of hydrogen-bond donors (Lipinski definition) is 0. The minimum absolute atomic E-state index is 0.0833. The van der Waals surface area contributed by atoms with Gasteiger partial charge in [0.2, 0.25) is 0 Å². The lowest BCUT2D eigenvalue weighted by Gasteiger charge is -2.17. The lowest BCUT2D eigenvalue weighted by atomic mass is 10.2. The highest BCUT2D eigenvalue weighted by Crippen LogP contribution is 2.40. The molecule has 0 heterocycles. The van der Waals surface area contributed by atoms with E-state index in [4.69, 9.17) is 0 Å². The third-order valence-electron chi connectivity index (χ3n) is 2.95. The monoisotopic (exact) mass is 498 g/mol. The van der Waals surface area contributed by atoms with Crippen LogP contribution in [0.5, 0.6) is 0 Å². The largest absolute Gasteiger partial charge is 0.400 e. The van der Waals surface area contributed by atoms with Crippen molar-refractivity contribution in [3.8, 4) is 0 Å². The van der Waals surface area contributed by atoms with E-state index in [1.54, 1.807) is 0 Å². The quantitative estimate of drug-likeness (QED) is 0.295. The van der Waals surface area contributed by atoms with Crippen LogP contribution in [0, 0.1) is 17.8 Å². The first kappa shape index (κ1) is 33.4. The molecule has 0 saturated heterocycles. The van der Waals surface area contributed by atoms with E-state index in [2.05, 4.69) is 0 Å². The van der Waals surface area contributed by atoms with Crippen LogP contribution in [0.25, 0.3) is 0 Å². The highest BCUT2D eigenvalue weighted by molar-refractivity contribution is 4.70. The molecule has 0 spiro atoms. The normalized spacial score (nSPS) is 14.4. The topological polar surface area (TPSA) is 0 Å². The maximum absolute atomic E-state index is 11.2. The van der Waals surface area contributed by atoms with Crippen LogP contribution in [0.15, 0.2) is 0 Å². The molecule has 186 valence electrons. The molecule has 0 amide bonds. The Balaban J connectivity index is -0.000000364. The fourth-order valence-corrected chi connectivity index (χ4v) is 0.557. The molecule has 18 heteroatoms. The molecule has 0 saturated carbocycles. The molecule has 0 atom stereocenters. The SMILES string of the molecule is CC(C(F)(F)F)C(F)(F)F.CC(C(F)(F)F)C(F)(F)F.CC(C(F)(F)F)C(F)(F)F. The fourth-order valence-electron chi connectivity index (χ4n) is 0.557. The molecule has 0 aliphatic heterocycles. The maximum atomic E-state index is 11.2. The van der Waals surface area contributed by atoms with Crippen molar-refractivity contribution in [1.29, 1.82) is 0 Å². The van der Waals surface area contributed by atoms with Crippen LogP contribution in [-0.4, -0.2) is 37.1 Å². The summed E-state index contributed by atoms with van der Waals surface area (Å²) >= 11 is 0. The van der Waals surface area contributed by atoms with Gasteiger partial charge in [-0.15, -0.1) is 0 Å². The molecule has 0 radical (unpaired) electrons. The Morgan fingerprint density at radius 3 is 0.333 bits per heavy atom. The first-order chi connectivity index (χ1) is 12.5. The lowest BCUT2D eigenvalue weighted by Crippen LogP contribution is -2.33. The van der Waals surface area contributed by atoms with Gasteiger partial charge < -0.3 is 0 Å². The van der Waals surface area contributed by atoms with Crippen LogP contribution in [0.1, 0.15) is 20.8 Å². The van der Waals surface area contributed by atoms with Gasteiger partial charge in [0.1, 0.15) is 17.8 Å². The highest BCUT2D eigenvalue weighted by Gasteiger charge is 2.54. The predicted octanol–water partition coefficient (Wildman–Crippen LogP) is 8.24. The number of hydrogen-bond acceptors (Lipinski definition) is 0. The smallest absolute Gasteiger partial charge is 0.170 e. The summed E-state index contributed by atoms with van der Waals surface area (Å²) in [5.74, 6) is -9.71. The standard InChI is InChI=1S/3C4H4F6/c3*1-2(3(5,6)7)4(8,9)10/h3*2H,1H3. The van der Waals surface area contributed by atoms with Crippen molar-refractivity contribution < 1.29 is 79.0 Å². The molecular weight excluding hydrogens is 486 g/mol. The van der Waals surface area contributed by atoms with Gasteiger partial charge in [-0.2, -0.15) is 79.0 Å². The van der Waals surface area contributed by atoms with Crippen molar-refractivity contribution in [2.75, 3.05) is 0 Å². The Labute approximate surface area is 156 Å². The van der Waals surface area contributed by atoms with E-state index >= 15 is 0 Å². The Hall–Kier alpha value is -1.26. The molecule has 0 unspecified atom stereocenters. The van der Waals surface area contributed by atoms with Crippen molar-refractivity contribution in [2.24, 2.45) is 17.8 Å². The third kappa shape index (κ3) is 14.7. The van der Waals surface area contributed by atoms with Crippen LogP contribution in [0.4, 0.5) is 79.0 Å². The second-order valence-electron chi connectivity index (χ2n) is 5.41. The van der Waals surface area contributed by atoms with Crippen LogP contribution >= 0.6 is 0 Å². The van der Waals surface area contributed by atoms with Crippen molar-refractivity contribution in [2.45, 2.75) is 57.8 Å². The Bertz CT molecular complexity index is 353. The zero-order valence-electron chi connectivity index (χ0n) is 14.5. The summed E-state index contributed by atoms with van der Waals surface area (Å²) in [6, 6.07) is 0. The van der Waals surface area contributed by atoms with E-state index in [9.17, 15) is 79.0 Å². The van der Waals surface area contributed by atoms with Gasteiger partial charge in [0, 0.05) is 0 Å². The van der Waals surface area contributed by atoms with Gasteiger partial charge in [0.25, 0.3) is 0 Å². The van der Waals surface area contributed by atoms with E-state index in [1.807, 2.05) is 0 Å². The number of halogens is 18. The second kappa shape index (κ2) is 10.4. The van der Waals surface area contributed by atoms with Gasteiger partial charge in [0.05, 0.1) is 0 Å². The second-order valence-corrected chi connectivity index (χ2v) is 5.41. The summed E-state index contributed by atoms with van der Waals surface area (Å²) in [5.41, 5.74) is 0. The van der Waals surface area contributed by atoms with Crippen LogP contribution in [0.3, 0.4) is 0 Å². The maximum Gasteiger partial charge on any atom is 0.400 e. The minimum Gasteiger partial charge on any atom is -0.170 e. The first-order valence-corrected chi connectivity index (χ1v) is 6.87. The van der Waals surface area contributed by atoms with Crippen LogP contribution < -0.4 is 0 Å². The molecule has 30 heavy (non-hydrogen) atoms. The average molecular weight is 498 g/mol. The minimum atomic E-state index is -5.18. The van der Waals surface area contributed by atoms with Crippen LogP contribution in [0.2, 0.25) is 0 Å². The molecule has 0 aromatic rings. The first-order valence-electron chi connectivity index (χ1n) is 6.87. The van der Waals surface area contributed by atoms with Crippen LogP contribution in [-0.2, 0) is 0 Å². The van der Waals surface area contributed by atoms with Crippen molar-refractivity contribution in [1.82, 2.24) is 0 Å². The molecule has 0 aliphatic carbocycles. The molecule has 0 nitrogen and oxygen atoms in total. The van der Waals surface area contributed by atoms with E-state index in [0.717, 1.165) is 0 Å². The van der Waals surface area contributed by atoms with E-state index < -0.39 is 54.8 Å². The van der Waals surface area contributed by atoms with Gasteiger partial charge in [-0.1, -0.05) is 0 Å². The summed E-state index contributed by atoms with van der Waals surface area (Å²) in [7, 11) is 0. The van der Waals surface area contributed by atoms with Gasteiger partial charge in [0.15, 0.2) is 0 Å². The predicted molar refractivity (Wildman–Crippen MR) is 63.8 cm³/mol. The molecule has 0 aromatic carbocycles. The van der Waals surface area contributed by atoms with Gasteiger partial charge in [-0.3, -0.25) is 0 Å². The van der Waals surface area contributed by atoms with Gasteiger partial charge in [-0.05, 0) is 20.8 Å². The number of rotatable bonds is 0. The molecule has 0 fully saturated rings. The summed E-state index contributed by atoms with van der Waals surface area (Å²) in [6.45, 7) is 0.250. The van der Waals surface area contributed by atoms with Crippen molar-refractivity contribution in [3.05, 3.63) is 0 Å². The summed E-state index contributed by atoms with van der Waals surface area (Å²) < 4.78 is 202.